The zero-order valence-electron chi connectivity index (χ0n) is 12.4. The largest absolute Gasteiger partial charge is 0.407 e. The maximum absolute atomic E-state index is 5.59. The number of benzene rings is 1. The Morgan fingerprint density at radius 1 is 1.24 bits per heavy atom. The van der Waals surface area contributed by atoms with Gasteiger partial charge < -0.3 is 15.1 Å². The maximum atomic E-state index is 5.59. The standard InChI is InChI=1S/C16H22N4O/c1-12(7-8-13-5-3-2-4-6-13)18-16-20-19-15(21-16)11-17-14-9-10-14/h2-6,12,14,17H,7-11H2,1H3,(H,18,20). The van der Waals surface area contributed by atoms with Crippen LogP contribution in [0.2, 0.25) is 0 Å². The summed E-state index contributed by atoms with van der Waals surface area (Å²) in [6, 6.07) is 12.0. The first-order valence-corrected chi connectivity index (χ1v) is 7.66. The Morgan fingerprint density at radius 3 is 2.81 bits per heavy atom. The second-order valence-corrected chi connectivity index (χ2v) is 5.73. The fraction of sp³-hybridized carbons (Fsp3) is 0.500. The molecule has 1 aliphatic carbocycles. The van der Waals surface area contributed by atoms with E-state index in [-0.39, 0.29) is 0 Å². The normalized spacial score (nSPS) is 15.9. The Bertz CT molecular complexity index is 550. The van der Waals surface area contributed by atoms with Gasteiger partial charge >= 0.3 is 6.01 Å². The van der Waals surface area contributed by atoms with Gasteiger partial charge in [-0.15, -0.1) is 5.10 Å². The summed E-state index contributed by atoms with van der Waals surface area (Å²) < 4.78 is 5.59. The molecule has 1 fully saturated rings. The van der Waals surface area contributed by atoms with Crippen LogP contribution in [0.5, 0.6) is 0 Å². The molecule has 0 aliphatic heterocycles. The third kappa shape index (κ3) is 4.56. The molecule has 1 aromatic heterocycles. The molecule has 0 saturated heterocycles. The number of aryl methyl sites for hydroxylation is 1. The van der Waals surface area contributed by atoms with Gasteiger partial charge in [-0.25, -0.2) is 0 Å². The first kappa shape index (κ1) is 14.1. The van der Waals surface area contributed by atoms with Crippen LogP contribution in [0, 0.1) is 0 Å². The summed E-state index contributed by atoms with van der Waals surface area (Å²) in [5, 5.41) is 14.7. The Kier molecular flexibility index (Phi) is 4.50. The van der Waals surface area contributed by atoms with E-state index in [9.17, 15) is 0 Å². The molecule has 0 amide bonds. The molecular weight excluding hydrogens is 264 g/mol. The molecule has 1 aliphatic rings. The smallest absolute Gasteiger partial charge is 0.315 e. The van der Waals surface area contributed by atoms with E-state index in [0.29, 0.717) is 30.5 Å². The zero-order valence-corrected chi connectivity index (χ0v) is 12.4. The summed E-state index contributed by atoms with van der Waals surface area (Å²) in [5.74, 6) is 0.652. The summed E-state index contributed by atoms with van der Waals surface area (Å²) >= 11 is 0. The van der Waals surface area contributed by atoms with E-state index in [1.165, 1.54) is 18.4 Å². The van der Waals surface area contributed by atoms with Crippen molar-refractivity contribution in [3.8, 4) is 0 Å². The van der Waals surface area contributed by atoms with Crippen LogP contribution in [0.15, 0.2) is 34.7 Å². The van der Waals surface area contributed by atoms with Crippen LogP contribution in [0.3, 0.4) is 0 Å². The van der Waals surface area contributed by atoms with Crippen LogP contribution < -0.4 is 10.6 Å². The number of hydrogen-bond acceptors (Lipinski definition) is 5. The van der Waals surface area contributed by atoms with Crippen molar-refractivity contribution in [2.45, 2.75) is 51.2 Å². The first-order chi connectivity index (χ1) is 10.3. The number of rotatable bonds is 8. The van der Waals surface area contributed by atoms with E-state index in [4.69, 9.17) is 4.42 Å². The molecule has 2 N–H and O–H groups in total. The Labute approximate surface area is 125 Å². The molecule has 1 unspecified atom stereocenters. The van der Waals surface area contributed by atoms with Crippen LogP contribution in [-0.2, 0) is 13.0 Å². The lowest BCUT2D eigenvalue weighted by Crippen LogP contribution is -2.16. The monoisotopic (exact) mass is 286 g/mol. The van der Waals surface area contributed by atoms with Crippen LogP contribution in [-0.4, -0.2) is 22.3 Å². The third-order valence-electron chi connectivity index (χ3n) is 3.66. The van der Waals surface area contributed by atoms with Gasteiger partial charge in [0.2, 0.25) is 5.89 Å². The van der Waals surface area contributed by atoms with Crippen LogP contribution in [0.4, 0.5) is 6.01 Å². The molecule has 1 saturated carbocycles. The topological polar surface area (TPSA) is 63.0 Å². The van der Waals surface area contributed by atoms with E-state index in [1.807, 2.05) is 6.07 Å². The molecule has 0 spiro atoms. The van der Waals surface area contributed by atoms with Gasteiger partial charge in [-0.05, 0) is 38.2 Å². The average molecular weight is 286 g/mol. The summed E-state index contributed by atoms with van der Waals surface area (Å²) in [6.07, 6.45) is 4.59. The lowest BCUT2D eigenvalue weighted by molar-refractivity contribution is 0.471. The van der Waals surface area contributed by atoms with Gasteiger partial charge in [-0.2, -0.15) is 0 Å². The molecule has 21 heavy (non-hydrogen) atoms. The quantitative estimate of drug-likeness (QED) is 0.781. The molecule has 3 rings (SSSR count). The highest BCUT2D eigenvalue weighted by Gasteiger charge is 2.21. The summed E-state index contributed by atoms with van der Waals surface area (Å²) in [6.45, 7) is 2.80. The third-order valence-corrected chi connectivity index (χ3v) is 3.66. The zero-order chi connectivity index (χ0) is 14.5. The predicted octanol–water partition coefficient (Wildman–Crippen LogP) is 2.75. The predicted molar refractivity (Wildman–Crippen MR) is 82.0 cm³/mol. The average Bonchev–Trinajstić information content (AvgIpc) is 3.24. The minimum absolute atomic E-state index is 0.301. The highest BCUT2D eigenvalue weighted by molar-refractivity contribution is 5.20. The molecule has 0 radical (unpaired) electrons. The van der Waals surface area contributed by atoms with Crippen molar-refractivity contribution in [3.05, 3.63) is 41.8 Å². The summed E-state index contributed by atoms with van der Waals surface area (Å²) in [4.78, 5) is 0. The first-order valence-electron chi connectivity index (χ1n) is 7.66. The number of anilines is 1. The molecule has 5 nitrogen and oxygen atoms in total. The second-order valence-electron chi connectivity index (χ2n) is 5.73. The van der Waals surface area contributed by atoms with Crippen molar-refractivity contribution < 1.29 is 4.42 Å². The van der Waals surface area contributed by atoms with E-state index in [1.54, 1.807) is 0 Å². The maximum Gasteiger partial charge on any atom is 0.315 e. The molecule has 2 aromatic rings. The fourth-order valence-electron chi connectivity index (χ4n) is 2.21. The molecule has 1 atom stereocenters. The van der Waals surface area contributed by atoms with Crippen molar-refractivity contribution in [1.29, 1.82) is 0 Å². The fourth-order valence-corrected chi connectivity index (χ4v) is 2.21. The highest BCUT2D eigenvalue weighted by Crippen LogP contribution is 2.19. The molecule has 5 heteroatoms. The Balaban J connectivity index is 1.42. The summed E-state index contributed by atoms with van der Waals surface area (Å²) in [7, 11) is 0. The van der Waals surface area contributed by atoms with Crippen molar-refractivity contribution >= 4 is 6.01 Å². The number of aromatic nitrogens is 2. The van der Waals surface area contributed by atoms with E-state index < -0.39 is 0 Å². The lowest BCUT2D eigenvalue weighted by Gasteiger charge is -2.11. The van der Waals surface area contributed by atoms with Crippen molar-refractivity contribution in [2.75, 3.05) is 5.32 Å². The van der Waals surface area contributed by atoms with E-state index in [2.05, 4.69) is 52.0 Å². The number of nitrogens with zero attached hydrogens (tertiary/aromatic N) is 2. The Morgan fingerprint density at radius 2 is 2.05 bits per heavy atom. The SMILES string of the molecule is CC(CCc1ccccc1)Nc1nnc(CNC2CC2)o1. The van der Waals surface area contributed by atoms with Crippen molar-refractivity contribution in [3.63, 3.8) is 0 Å². The van der Waals surface area contributed by atoms with Crippen LogP contribution in [0.25, 0.3) is 0 Å². The van der Waals surface area contributed by atoms with Crippen molar-refractivity contribution in [2.24, 2.45) is 0 Å². The number of hydrogen-bond donors (Lipinski definition) is 2. The van der Waals surface area contributed by atoms with Crippen LogP contribution in [0.1, 0.15) is 37.6 Å². The van der Waals surface area contributed by atoms with Gasteiger partial charge in [0, 0.05) is 12.1 Å². The van der Waals surface area contributed by atoms with Crippen LogP contribution >= 0.6 is 0 Å². The van der Waals surface area contributed by atoms with E-state index >= 15 is 0 Å². The lowest BCUT2D eigenvalue weighted by atomic mass is 10.1. The number of nitrogens with one attached hydrogen (secondary N) is 2. The second kappa shape index (κ2) is 6.72. The molecule has 1 aromatic carbocycles. The minimum Gasteiger partial charge on any atom is -0.407 e. The Hall–Kier alpha value is -1.88. The minimum atomic E-state index is 0.301. The molecule has 1 heterocycles. The molecular formula is C16H22N4O. The van der Waals surface area contributed by atoms with Gasteiger partial charge in [0.1, 0.15) is 0 Å². The van der Waals surface area contributed by atoms with Gasteiger partial charge in [0.25, 0.3) is 0 Å². The van der Waals surface area contributed by atoms with Gasteiger partial charge in [-0.3, -0.25) is 0 Å². The molecule has 112 valence electrons. The van der Waals surface area contributed by atoms with Crippen molar-refractivity contribution in [1.82, 2.24) is 15.5 Å². The molecule has 0 bridgehead atoms. The highest BCUT2D eigenvalue weighted by atomic mass is 16.4. The van der Waals surface area contributed by atoms with E-state index in [0.717, 1.165) is 12.8 Å². The summed E-state index contributed by atoms with van der Waals surface area (Å²) in [5.41, 5.74) is 1.35. The van der Waals surface area contributed by atoms with Gasteiger partial charge in [0.15, 0.2) is 0 Å². The van der Waals surface area contributed by atoms with Gasteiger partial charge in [0.05, 0.1) is 6.54 Å². The van der Waals surface area contributed by atoms with Gasteiger partial charge in [-0.1, -0.05) is 35.4 Å².